The summed E-state index contributed by atoms with van der Waals surface area (Å²) in [6.07, 6.45) is 3.93. The number of hydrogen-bond acceptors (Lipinski definition) is 4. The van der Waals surface area contributed by atoms with E-state index in [9.17, 15) is 14.4 Å². The first-order valence-electron chi connectivity index (χ1n) is 11.4. The molecule has 0 aliphatic carbocycles. The zero-order chi connectivity index (χ0) is 23.7. The monoisotopic (exact) mass is 457 g/mol. The minimum atomic E-state index is -1.41. The van der Waals surface area contributed by atoms with E-state index in [1.54, 1.807) is 24.3 Å². The van der Waals surface area contributed by atoms with Crippen molar-refractivity contribution in [3.63, 3.8) is 0 Å². The Hall–Kier alpha value is -3.91. The van der Waals surface area contributed by atoms with Gasteiger partial charge in [0.15, 0.2) is 5.54 Å². The summed E-state index contributed by atoms with van der Waals surface area (Å²) >= 11 is 0. The van der Waals surface area contributed by atoms with Crippen LogP contribution in [0.2, 0.25) is 0 Å². The zero-order valence-electron chi connectivity index (χ0n) is 19.0. The van der Waals surface area contributed by atoms with Crippen LogP contribution < -0.4 is 10.7 Å². The number of rotatable bonds is 6. The normalized spacial score (nSPS) is 19.9. The van der Waals surface area contributed by atoms with Gasteiger partial charge in [0.1, 0.15) is 0 Å². The van der Waals surface area contributed by atoms with Gasteiger partial charge in [-0.3, -0.25) is 19.9 Å². The number of aromatic nitrogens is 1. The van der Waals surface area contributed by atoms with Crippen molar-refractivity contribution in [2.75, 3.05) is 13.1 Å². The minimum Gasteiger partial charge on any atom is -0.353 e. The number of likely N-dealkylation sites (tertiary alicyclic amines) is 1. The lowest BCUT2D eigenvalue weighted by molar-refractivity contribution is -0.139. The maximum absolute atomic E-state index is 13.7. The number of carbonyl (C=O) groups is 3. The van der Waals surface area contributed by atoms with Gasteiger partial charge in [-0.1, -0.05) is 60.7 Å². The smallest absolute Gasteiger partial charge is 0.344 e. The first-order chi connectivity index (χ1) is 16.5. The summed E-state index contributed by atoms with van der Waals surface area (Å²) < 4.78 is 2.06. The van der Waals surface area contributed by atoms with Gasteiger partial charge in [0.05, 0.1) is 12.6 Å². The third kappa shape index (κ3) is 3.66. The fourth-order valence-corrected chi connectivity index (χ4v) is 5.08. The van der Waals surface area contributed by atoms with Crippen molar-refractivity contribution in [1.29, 1.82) is 0 Å². The quantitative estimate of drug-likeness (QED) is 0.558. The molecule has 8 heteroatoms. The van der Waals surface area contributed by atoms with Gasteiger partial charge in [-0.15, -0.1) is 0 Å². The summed E-state index contributed by atoms with van der Waals surface area (Å²) in [6, 6.07) is 21.7. The van der Waals surface area contributed by atoms with Crippen LogP contribution in [-0.4, -0.2) is 45.4 Å². The Morgan fingerprint density at radius 2 is 1.65 bits per heavy atom. The van der Waals surface area contributed by atoms with E-state index in [2.05, 4.69) is 26.3 Å². The van der Waals surface area contributed by atoms with E-state index in [1.165, 1.54) is 0 Å². The van der Waals surface area contributed by atoms with Crippen LogP contribution in [0.1, 0.15) is 35.7 Å². The number of benzene rings is 2. The van der Waals surface area contributed by atoms with Crippen molar-refractivity contribution in [1.82, 2.24) is 25.2 Å². The number of aryl methyl sites for hydroxylation is 1. The molecule has 2 saturated heterocycles. The molecule has 0 spiro atoms. The molecule has 4 amide bonds. The molecule has 2 aliphatic rings. The van der Waals surface area contributed by atoms with Crippen LogP contribution in [0.3, 0.4) is 0 Å². The van der Waals surface area contributed by atoms with Crippen LogP contribution in [0.5, 0.6) is 0 Å². The Bertz CT molecular complexity index is 1170. The zero-order valence-corrected chi connectivity index (χ0v) is 19.0. The van der Waals surface area contributed by atoms with Crippen molar-refractivity contribution < 1.29 is 14.4 Å². The minimum absolute atomic E-state index is 0.0938. The molecular formula is C26H27N5O3. The largest absolute Gasteiger partial charge is 0.353 e. The molecule has 2 aromatic carbocycles. The summed E-state index contributed by atoms with van der Waals surface area (Å²) in [5, 5.41) is 3.66. The molecule has 5 rings (SSSR count). The second kappa shape index (κ2) is 8.79. The summed E-state index contributed by atoms with van der Waals surface area (Å²) in [5.74, 6) is -0.940. The Labute approximate surface area is 198 Å². The van der Waals surface area contributed by atoms with E-state index in [0.29, 0.717) is 11.1 Å². The van der Waals surface area contributed by atoms with Gasteiger partial charge < -0.3 is 9.88 Å². The lowest BCUT2D eigenvalue weighted by Gasteiger charge is -2.28. The first kappa shape index (κ1) is 21.9. The summed E-state index contributed by atoms with van der Waals surface area (Å²) in [6.45, 7) is 0.873. The first-order valence-corrected chi connectivity index (χ1v) is 11.4. The van der Waals surface area contributed by atoms with E-state index in [0.717, 1.165) is 30.1 Å². The fraction of sp³-hybridized carbons (Fsp3) is 0.269. The van der Waals surface area contributed by atoms with Crippen molar-refractivity contribution in [2.45, 2.75) is 24.4 Å². The average molecular weight is 458 g/mol. The molecule has 2 fully saturated rings. The van der Waals surface area contributed by atoms with Gasteiger partial charge in [-0.25, -0.2) is 4.79 Å². The van der Waals surface area contributed by atoms with Crippen LogP contribution in [0.25, 0.3) is 0 Å². The topological polar surface area (TPSA) is 86.7 Å². The summed E-state index contributed by atoms with van der Waals surface area (Å²) in [7, 11) is 1.99. The van der Waals surface area contributed by atoms with Crippen LogP contribution in [-0.2, 0) is 22.2 Å². The predicted octanol–water partition coefficient (Wildman–Crippen LogP) is 2.69. The SMILES string of the molecule is Cn1cccc1C1CCCN1CC(=O)NN1C(=O)NC(c2ccccc2)(c2ccccc2)C1=O. The molecule has 3 heterocycles. The number of hydrazine groups is 1. The van der Waals surface area contributed by atoms with Gasteiger partial charge in [0.2, 0.25) is 0 Å². The molecular weight excluding hydrogens is 430 g/mol. The van der Waals surface area contributed by atoms with Crippen LogP contribution in [0, 0.1) is 0 Å². The maximum Gasteiger partial charge on any atom is 0.344 e. The van der Waals surface area contributed by atoms with Crippen LogP contribution in [0.4, 0.5) is 4.79 Å². The molecule has 8 nitrogen and oxygen atoms in total. The lowest BCUT2D eigenvalue weighted by atomic mass is 9.83. The van der Waals surface area contributed by atoms with E-state index in [-0.39, 0.29) is 12.6 Å². The van der Waals surface area contributed by atoms with Gasteiger partial charge in [-0.2, -0.15) is 5.01 Å². The van der Waals surface area contributed by atoms with E-state index < -0.39 is 23.4 Å². The Kier molecular flexibility index (Phi) is 5.67. The number of nitrogens with zero attached hydrogens (tertiary/aromatic N) is 3. The lowest BCUT2D eigenvalue weighted by Crippen LogP contribution is -2.51. The highest BCUT2D eigenvalue weighted by atomic mass is 16.2. The highest BCUT2D eigenvalue weighted by Crippen LogP contribution is 2.35. The maximum atomic E-state index is 13.7. The number of amides is 4. The second-order valence-corrected chi connectivity index (χ2v) is 8.76. The number of carbonyl (C=O) groups excluding carboxylic acids is 3. The molecule has 2 N–H and O–H groups in total. The fourth-order valence-electron chi connectivity index (χ4n) is 5.08. The molecule has 1 unspecified atom stereocenters. The van der Waals surface area contributed by atoms with Crippen molar-refractivity contribution in [3.8, 4) is 0 Å². The predicted molar refractivity (Wildman–Crippen MR) is 126 cm³/mol. The summed E-state index contributed by atoms with van der Waals surface area (Å²) in [4.78, 5) is 41.8. The highest BCUT2D eigenvalue weighted by Gasteiger charge is 2.54. The number of nitrogens with one attached hydrogen (secondary N) is 2. The molecule has 1 aromatic heterocycles. The summed E-state index contributed by atoms with van der Waals surface area (Å²) in [5.41, 5.74) is 3.55. The Morgan fingerprint density at radius 3 is 2.24 bits per heavy atom. The molecule has 1 atom stereocenters. The van der Waals surface area contributed by atoms with Crippen LogP contribution in [0.15, 0.2) is 79.0 Å². The average Bonchev–Trinajstić information content (AvgIpc) is 3.55. The number of hydrogen-bond donors (Lipinski definition) is 2. The third-order valence-electron chi connectivity index (χ3n) is 6.71. The van der Waals surface area contributed by atoms with Crippen molar-refractivity contribution in [3.05, 3.63) is 95.8 Å². The third-order valence-corrected chi connectivity index (χ3v) is 6.71. The number of imide groups is 1. The van der Waals surface area contributed by atoms with Gasteiger partial charge in [0.25, 0.3) is 11.8 Å². The standard InChI is InChI=1S/C26H27N5O3/c1-29-16-8-14-21(29)22-15-9-17-30(22)18-23(32)28-31-24(33)26(27-25(31)34,19-10-4-2-5-11-19)20-12-6-3-7-13-20/h2-8,10-14,16,22H,9,15,17-18H2,1H3,(H,27,34)(H,28,32). The van der Waals surface area contributed by atoms with Gasteiger partial charge in [0, 0.05) is 18.9 Å². The second-order valence-electron chi connectivity index (χ2n) is 8.76. The van der Waals surface area contributed by atoms with Crippen LogP contribution >= 0.6 is 0 Å². The van der Waals surface area contributed by atoms with Crippen molar-refractivity contribution >= 4 is 17.8 Å². The molecule has 174 valence electrons. The number of urea groups is 1. The van der Waals surface area contributed by atoms with Gasteiger partial charge >= 0.3 is 6.03 Å². The molecule has 3 aromatic rings. The molecule has 0 saturated carbocycles. The Balaban J connectivity index is 1.38. The van der Waals surface area contributed by atoms with Gasteiger partial charge in [-0.05, 0) is 42.6 Å². The molecule has 0 radical (unpaired) electrons. The van der Waals surface area contributed by atoms with E-state index >= 15 is 0 Å². The molecule has 2 aliphatic heterocycles. The Morgan fingerprint density at radius 1 is 1.00 bits per heavy atom. The highest BCUT2D eigenvalue weighted by molar-refractivity contribution is 6.10. The molecule has 34 heavy (non-hydrogen) atoms. The van der Waals surface area contributed by atoms with E-state index in [1.807, 2.05) is 55.7 Å². The van der Waals surface area contributed by atoms with Crippen molar-refractivity contribution in [2.24, 2.45) is 7.05 Å². The molecule has 0 bridgehead atoms. The van der Waals surface area contributed by atoms with E-state index in [4.69, 9.17) is 0 Å².